The number of rotatable bonds is 4. The fourth-order valence-corrected chi connectivity index (χ4v) is 4.53. The lowest BCUT2D eigenvalue weighted by molar-refractivity contribution is -0.165. The van der Waals surface area contributed by atoms with Gasteiger partial charge in [-0.1, -0.05) is 30.7 Å². The Morgan fingerprint density at radius 3 is 2.56 bits per heavy atom. The van der Waals surface area contributed by atoms with Gasteiger partial charge in [-0.25, -0.2) is 4.98 Å². The van der Waals surface area contributed by atoms with Crippen LogP contribution in [-0.4, -0.2) is 40.6 Å². The van der Waals surface area contributed by atoms with E-state index in [1.807, 2.05) is 30.3 Å². The first-order chi connectivity index (χ1) is 13.1. The first-order valence-electron chi connectivity index (χ1n) is 9.38. The second-order valence-electron chi connectivity index (χ2n) is 7.39. The number of pyridine rings is 1. The number of hydrogen-bond donors (Lipinski definition) is 1. The summed E-state index contributed by atoms with van der Waals surface area (Å²) in [6.07, 6.45) is 3.87. The number of halogens is 1. The monoisotopic (exact) mass is 370 g/mol. The topological polar surface area (TPSA) is 62.7 Å². The number of nitrogens with zero attached hydrogens (tertiary/aromatic N) is 2. The molecule has 1 saturated carbocycles. The summed E-state index contributed by atoms with van der Waals surface area (Å²) < 4.78 is 19.9. The second kappa shape index (κ2) is 7.27. The van der Waals surface area contributed by atoms with Crippen LogP contribution < -0.4 is 4.74 Å². The predicted molar refractivity (Wildman–Crippen MR) is 97.4 cm³/mol. The Hall–Kier alpha value is -2.47. The highest BCUT2D eigenvalue weighted by molar-refractivity contribution is 5.78. The highest BCUT2D eigenvalue weighted by atomic mass is 19.1. The van der Waals surface area contributed by atoms with Crippen LogP contribution in [0, 0.1) is 17.8 Å². The summed E-state index contributed by atoms with van der Waals surface area (Å²) in [7, 11) is 0. The van der Waals surface area contributed by atoms with Crippen molar-refractivity contribution >= 4 is 5.91 Å². The van der Waals surface area contributed by atoms with Gasteiger partial charge in [0.1, 0.15) is 11.4 Å². The van der Waals surface area contributed by atoms with Gasteiger partial charge in [0.2, 0.25) is 5.95 Å². The van der Waals surface area contributed by atoms with E-state index in [0.717, 1.165) is 19.3 Å². The quantitative estimate of drug-likeness (QED) is 0.841. The zero-order valence-corrected chi connectivity index (χ0v) is 15.1. The highest BCUT2D eigenvalue weighted by Crippen LogP contribution is 2.49. The minimum atomic E-state index is -1.27. The maximum atomic E-state index is 14.3. The molecule has 1 amide bonds. The molecule has 3 atom stereocenters. The molecule has 6 heteroatoms. The number of carbonyl (C=O) groups excluding carboxylic acids is 1. The average molecular weight is 370 g/mol. The second-order valence-corrected chi connectivity index (χ2v) is 7.39. The third kappa shape index (κ3) is 3.30. The van der Waals surface area contributed by atoms with Crippen molar-refractivity contribution in [2.75, 3.05) is 19.7 Å². The lowest BCUT2D eigenvalue weighted by atomic mass is 9.62. The third-order valence-corrected chi connectivity index (χ3v) is 5.88. The normalized spacial score (nSPS) is 27.3. The smallest absolute Gasteiger partial charge is 0.260 e. The number of aromatic nitrogens is 1. The van der Waals surface area contributed by atoms with Gasteiger partial charge in [0.05, 0.1) is 0 Å². The van der Waals surface area contributed by atoms with Crippen molar-refractivity contribution in [1.82, 2.24) is 9.88 Å². The molecule has 1 unspecified atom stereocenters. The molecule has 4 rings (SSSR count). The highest BCUT2D eigenvalue weighted by Gasteiger charge is 2.53. The van der Waals surface area contributed by atoms with Crippen LogP contribution in [0.4, 0.5) is 4.39 Å². The van der Waals surface area contributed by atoms with Crippen molar-refractivity contribution in [3.63, 3.8) is 0 Å². The molecule has 1 aliphatic carbocycles. The number of likely N-dealkylation sites (tertiary alicyclic amines) is 1. The molecule has 1 aliphatic heterocycles. The van der Waals surface area contributed by atoms with Gasteiger partial charge >= 0.3 is 0 Å². The maximum Gasteiger partial charge on any atom is 0.260 e. The van der Waals surface area contributed by atoms with Crippen LogP contribution in [0.3, 0.4) is 0 Å². The predicted octanol–water partition coefficient (Wildman–Crippen LogP) is 2.75. The van der Waals surface area contributed by atoms with Crippen LogP contribution in [0.1, 0.15) is 24.8 Å². The van der Waals surface area contributed by atoms with Crippen LogP contribution in [0.25, 0.3) is 0 Å². The third-order valence-electron chi connectivity index (χ3n) is 5.88. The summed E-state index contributed by atoms with van der Waals surface area (Å²) in [6, 6.07) is 12.5. The Kier molecular flexibility index (Phi) is 4.83. The van der Waals surface area contributed by atoms with Gasteiger partial charge in [-0.2, -0.15) is 4.39 Å². The molecule has 1 N–H and O–H groups in total. The van der Waals surface area contributed by atoms with E-state index in [1.54, 1.807) is 17.0 Å². The van der Waals surface area contributed by atoms with Crippen molar-refractivity contribution in [3.8, 4) is 5.75 Å². The SMILES string of the molecule is O=C(COc1ccccc1)N1C[C@H]2CCC[C@@H](C1)C2(O)c1cccnc1F. The molecule has 2 bridgehead atoms. The Labute approximate surface area is 157 Å². The van der Waals surface area contributed by atoms with Gasteiger partial charge in [-0.05, 0) is 31.0 Å². The molecule has 1 saturated heterocycles. The first-order valence-corrected chi connectivity index (χ1v) is 9.38. The minimum absolute atomic E-state index is 0.0386. The van der Waals surface area contributed by atoms with E-state index in [-0.39, 0.29) is 29.9 Å². The molecule has 2 heterocycles. The van der Waals surface area contributed by atoms with Crippen LogP contribution in [0.2, 0.25) is 0 Å². The molecule has 2 fully saturated rings. The molecule has 2 aliphatic rings. The summed E-state index contributed by atoms with van der Waals surface area (Å²) >= 11 is 0. The summed E-state index contributed by atoms with van der Waals surface area (Å²) in [5, 5.41) is 11.5. The van der Waals surface area contributed by atoms with Gasteiger partial charge in [0, 0.05) is 36.7 Å². The Morgan fingerprint density at radius 2 is 1.89 bits per heavy atom. The van der Waals surface area contributed by atoms with E-state index in [9.17, 15) is 14.3 Å². The number of aliphatic hydroxyl groups is 1. The Balaban J connectivity index is 1.49. The van der Waals surface area contributed by atoms with E-state index in [2.05, 4.69) is 4.98 Å². The maximum absolute atomic E-state index is 14.3. The number of hydrogen-bond acceptors (Lipinski definition) is 4. The molecule has 0 radical (unpaired) electrons. The average Bonchev–Trinajstić information content (AvgIpc) is 2.67. The molecule has 2 aromatic rings. The van der Waals surface area contributed by atoms with Gasteiger partial charge in [-0.15, -0.1) is 0 Å². The van der Waals surface area contributed by atoms with Crippen molar-refractivity contribution in [3.05, 3.63) is 60.2 Å². The number of para-hydroxylation sites is 1. The summed E-state index contributed by atoms with van der Waals surface area (Å²) in [5.41, 5.74) is -1.01. The van der Waals surface area contributed by atoms with Crippen LogP contribution in [0.5, 0.6) is 5.75 Å². The number of benzene rings is 1. The molecule has 1 aromatic carbocycles. The fraction of sp³-hybridized carbons (Fsp3) is 0.429. The van der Waals surface area contributed by atoms with Gasteiger partial charge in [0.15, 0.2) is 6.61 Å². The van der Waals surface area contributed by atoms with Crippen molar-refractivity contribution in [2.45, 2.75) is 24.9 Å². The lowest BCUT2D eigenvalue weighted by Gasteiger charge is -2.53. The lowest BCUT2D eigenvalue weighted by Crippen LogP contribution is -2.60. The summed E-state index contributed by atoms with van der Waals surface area (Å²) in [4.78, 5) is 18.1. The van der Waals surface area contributed by atoms with Crippen molar-refractivity contribution in [2.24, 2.45) is 11.8 Å². The number of carbonyl (C=O) groups is 1. The zero-order chi connectivity index (χ0) is 18.9. The molecule has 5 nitrogen and oxygen atoms in total. The number of piperidine rings is 1. The Bertz CT molecular complexity index is 800. The number of ether oxygens (including phenoxy) is 1. The number of amides is 1. The Morgan fingerprint density at radius 1 is 1.19 bits per heavy atom. The van der Waals surface area contributed by atoms with Crippen LogP contribution in [-0.2, 0) is 10.4 Å². The molecule has 0 spiro atoms. The minimum Gasteiger partial charge on any atom is -0.484 e. The summed E-state index contributed by atoms with van der Waals surface area (Å²) in [6.45, 7) is 0.764. The molecular weight excluding hydrogens is 347 g/mol. The molecule has 142 valence electrons. The molecule has 27 heavy (non-hydrogen) atoms. The zero-order valence-electron chi connectivity index (χ0n) is 15.1. The van der Waals surface area contributed by atoms with Crippen LogP contribution in [0.15, 0.2) is 48.7 Å². The van der Waals surface area contributed by atoms with Crippen molar-refractivity contribution in [1.29, 1.82) is 0 Å². The molecule has 1 aromatic heterocycles. The van der Waals surface area contributed by atoms with E-state index in [4.69, 9.17) is 4.74 Å². The van der Waals surface area contributed by atoms with Gasteiger partial charge in [-0.3, -0.25) is 4.79 Å². The van der Waals surface area contributed by atoms with E-state index in [1.165, 1.54) is 6.20 Å². The van der Waals surface area contributed by atoms with Gasteiger partial charge < -0.3 is 14.7 Å². The van der Waals surface area contributed by atoms with Crippen LogP contribution >= 0.6 is 0 Å². The standard InChI is InChI=1S/C21H23FN2O3/c22-20-18(10-5-11-23-20)21(26)15-6-4-7-16(21)13-24(12-15)19(25)14-27-17-8-2-1-3-9-17/h1-3,5,8-11,15-16,26H,4,6-7,12-14H2/t15-,16+,21?. The fourth-order valence-electron chi connectivity index (χ4n) is 4.53. The van der Waals surface area contributed by atoms with E-state index in [0.29, 0.717) is 18.8 Å². The first kappa shape index (κ1) is 17.9. The number of fused-ring (bicyclic) bond motifs is 2. The van der Waals surface area contributed by atoms with Crippen molar-refractivity contribution < 1.29 is 19.0 Å². The van der Waals surface area contributed by atoms with Gasteiger partial charge in [0.25, 0.3) is 5.91 Å². The summed E-state index contributed by atoms with van der Waals surface area (Å²) in [5.74, 6) is -0.487. The van der Waals surface area contributed by atoms with E-state index < -0.39 is 11.5 Å². The largest absolute Gasteiger partial charge is 0.484 e. The van der Waals surface area contributed by atoms with E-state index >= 15 is 0 Å². The molecular formula is C21H23FN2O3.